The van der Waals surface area contributed by atoms with Crippen molar-refractivity contribution in [1.82, 2.24) is 0 Å². The molecule has 0 N–H and O–H groups in total. The van der Waals surface area contributed by atoms with Crippen molar-refractivity contribution in [2.24, 2.45) is 0 Å². The molecule has 0 spiro atoms. The van der Waals surface area contributed by atoms with E-state index in [2.05, 4.69) is 104 Å². The maximum absolute atomic E-state index is 5.58. The van der Waals surface area contributed by atoms with Crippen LogP contribution in [0.3, 0.4) is 0 Å². The van der Waals surface area contributed by atoms with Gasteiger partial charge in [0.1, 0.15) is 12.4 Å². The Hall–Kier alpha value is -3.67. The summed E-state index contributed by atoms with van der Waals surface area (Å²) in [6, 6.07) is 19.6. The summed E-state index contributed by atoms with van der Waals surface area (Å²) in [4.78, 5) is 2.38. The quantitative estimate of drug-likeness (QED) is 0.185. The van der Waals surface area contributed by atoms with Gasteiger partial charge in [-0.25, -0.2) is 0 Å². The highest BCUT2D eigenvalue weighted by atomic mass is 16.5. The van der Waals surface area contributed by atoms with Crippen LogP contribution in [0.1, 0.15) is 38.3 Å². The molecule has 3 aromatic rings. The minimum absolute atomic E-state index is 0.193. The monoisotopic (exact) mass is 551 g/mol. The molecule has 5 heteroatoms. The summed E-state index contributed by atoms with van der Waals surface area (Å²) in [7, 11) is 5.25. The van der Waals surface area contributed by atoms with Crippen LogP contribution in [0.5, 0.6) is 5.75 Å². The van der Waals surface area contributed by atoms with Crippen molar-refractivity contribution in [2.75, 3.05) is 52.5 Å². The van der Waals surface area contributed by atoms with Crippen LogP contribution in [0, 0.1) is 0 Å². The molecule has 5 nitrogen and oxygen atoms in total. The lowest BCUT2D eigenvalue weighted by atomic mass is 9.74. The second-order valence-electron chi connectivity index (χ2n) is 11.6. The average Bonchev–Trinajstić information content (AvgIpc) is 3.34. The number of hydrogen-bond donors (Lipinski definition) is 0. The molecule has 0 fully saturated rings. The summed E-state index contributed by atoms with van der Waals surface area (Å²) in [6.45, 7) is 13.9. The van der Waals surface area contributed by atoms with Gasteiger partial charge >= 0.3 is 0 Å². The zero-order chi connectivity index (χ0) is 29.2. The van der Waals surface area contributed by atoms with Gasteiger partial charge in [-0.2, -0.15) is 4.58 Å². The molecule has 0 saturated carbocycles. The van der Waals surface area contributed by atoms with Gasteiger partial charge in [-0.3, -0.25) is 0 Å². The molecule has 0 aliphatic carbocycles. The van der Waals surface area contributed by atoms with E-state index in [-0.39, 0.29) is 10.8 Å². The van der Waals surface area contributed by atoms with Crippen LogP contribution < -0.4 is 9.64 Å². The number of benzene rings is 3. The maximum atomic E-state index is 5.58. The number of nitrogens with zero attached hydrogens (tertiary/aromatic N) is 2. The van der Waals surface area contributed by atoms with E-state index in [0.29, 0.717) is 13.2 Å². The first-order chi connectivity index (χ1) is 19.8. The van der Waals surface area contributed by atoms with Crippen LogP contribution in [-0.2, 0) is 20.3 Å². The Bertz CT molecular complexity index is 1550. The molecule has 2 aliphatic rings. The first-order valence-electron chi connectivity index (χ1n) is 14.4. The Balaban J connectivity index is 1.63. The molecule has 0 amide bonds. The van der Waals surface area contributed by atoms with E-state index < -0.39 is 0 Å². The smallest absolute Gasteiger partial charge is 0.210 e. The van der Waals surface area contributed by atoms with Crippen molar-refractivity contribution < 1.29 is 18.8 Å². The van der Waals surface area contributed by atoms with Crippen molar-refractivity contribution in [2.45, 2.75) is 38.0 Å². The fourth-order valence-corrected chi connectivity index (χ4v) is 6.75. The number of hydrogen-bond acceptors (Lipinski definition) is 4. The van der Waals surface area contributed by atoms with Crippen LogP contribution in [-0.4, -0.2) is 57.9 Å². The van der Waals surface area contributed by atoms with E-state index in [9.17, 15) is 0 Å². The largest absolute Gasteiger partial charge is 0.497 e. The molecule has 41 heavy (non-hydrogen) atoms. The Morgan fingerprint density at radius 2 is 1.73 bits per heavy atom. The predicted octanol–water partition coefficient (Wildman–Crippen LogP) is 7.31. The summed E-state index contributed by atoms with van der Waals surface area (Å²) in [6.07, 6.45) is 9.69. The zero-order valence-electron chi connectivity index (χ0n) is 25.4. The molecular weight excluding hydrogens is 508 g/mol. The number of allylic oxidation sites excluding steroid dienone is 5. The van der Waals surface area contributed by atoms with Gasteiger partial charge in [0, 0.05) is 55.3 Å². The molecule has 214 valence electrons. The van der Waals surface area contributed by atoms with Gasteiger partial charge in [0.25, 0.3) is 0 Å². The number of anilines is 1. The van der Waals surface area contributed by atoms with E-state index >= 15 is 0 Å². The second kappa shape index (κ2) is 11.7. The molecule has 0 radical (unpaired) electrons. The Labute approximate surface area is 245 Å². The Morgan fingerprint density at radius 3 is 2.46 bits per heavy atom. The van der Waals surface area contributed by atoms with Crippen molar-refractivity contribution in [3.05, 3.63) is 102 Å². The van der Waals surface area contributed by atoms with Gasteiger partial charge in [-0.15, -0.1) is 6.58 Å². The van der Waals surface area contributed by atoms with Crippen molar-refractivity contribution in [3.63, 3.8) is 0 Å². The van der Waals surface area contributed by atoms with Gasteiger partial charge < -0.3 is 19.1 Å². The molecule has 3 aromatic carbocycles. The lowest BCUT2D eigenvalue weighted by Crippen LogP contribution is -2.31. The van der Waals surface area contributed by atoms with Crippen LogP contribution in [0.15, 0.2) is 91.2 Å². The minimum atomic E-state index is -0.224. The van der Waals surface area contributed by atoms with Gasteiger partial charge in [-0.05, 0) is 60.0 Å². The summed E-state index contributed by atoms with van der Waals surface area (Å²) in [5, 5.41) is 2.56. The second-order valence-corrected chi connectivity index (χ2v) is 11.6. The topological polar surface area (TPSA) is 33.9 Å². The minimum Gasteiger partial charge on any atom is -0.497 e. The summed E-state index contributed by atoms with van der Waals surface area (Å²) in [5.41, 5.74) is 7.16. The van der Waals surface area contributed by atoms with Crippen LogP contribution in [0.2, 0.25) is 0 Å². The molecule has 0 bridgehead atoms. The fourth-order valence-electron chi connectivity index (χ4n) is 6.75. The van der Waals surface area contributed by atoms with Crippen molar-refractivity contribution >= 4 is 27.9 Å². The predicted molar refractivity (Wildman–Crippen MR) is 170 cm³/mol. The first kappa shape index (κ1) is 28.8. The van der Waals surface area contributed by atoms with Crippen molar-refractivity contribution in [1.29, 1.82) is 0 Å². The normalized spacial score (nSPS) is 20.3. The van der Waals surface area contributed by atoms with E-state index in [1.165, 1.54) is 44.7 Å². The fraction of sp³-hybridized carbons (Fsp3) is 0.361. The molecule has 2 heterocycles. The van der Waals surface area contributed by atoms with Gasteiger partial charge in [-0.1, -0.05) is 50.3 Å². The van der Waals surface area contributed by atoms with Gasteiger partial charge in [0.2, 0.25) is 5.69 Å². The van der Waals surface area contributed by atoms with Gasteiger partial charge in [0.05, 0.1) is 19.1 Å². The third-order valence-corrected chi connectivity index (χ3v) is 8.80. The van der Waals surface area contributed by atoms with Gasteiger partial charge in [0.15, 0.2) is 12.3 Å². The standard InChI is InChI=1S/C36H43N2O3/c1-8-20-36(4)33(38(22-24-40-6)31-18-16-26-12-9-10-13-28(26)34(31)36)15-11-14-32-35(2,3)29-25-27(41-7)17-19-30(29)37(32)21-23-39-5/h8-19,25H,1,20-24H2,2-7H3/q+1. The maximum Gasteiger partial charge on any atom is 0.210 e. The number of ether oxygens (including phenoxy) is 3. The molecular formula is C36H43N2O3+. The van der Waals surface area contributed by atoms with Crippen molar-refractivity contribution in [3.8, 4) is 5.75 Å². The number of methoxy groups -OCH3 is 3. The molecule has 0 aromatic heterocycles. The number of rotatable bonds is 11. The SMILES string of the molecule is C=CCC1(C)C(/C=C/C=C2/N(CCOC)c3ccc(OC)cc3C2(C)C)=[N+](CCOC)c2ccc3ccccc3c21. The lowest BCUT2D eigenvalue weighted by molar-refractivity contribution is -0.441. The van der Waals surface area contributed by atoms with E-state index in [4.69, 9.17) is 14.2 Å². The molecule has 1 unspecified atom stereocenters. The Morgan fingerprint density at radius 1 is 0.951 bits per heavy atom. The molecule has 0 saturated heterocycles. The average molecular weight is 552 g/mol. The highest BCUT2D eigenvalue weighted by Gasteiger charge is 2.48. The van der Waals surface area contributed by atoms with E-state index in [0.717, 1.165) is 25.3 Å². The lowest BCUT2D eigenvalue weighted by Gasteiger charge is -2.26. The van der Waals surface area contributed by atoms with Crippen LogP contribution in [0.4, 0.5) is 11.4 Å². The molecule has 1 atom stereocenters. The molecule has 2 aliphatic heterocycles. The third kappa shape index (κ3) is 4.92. The zero-order valence-corrected chi connectivity index (χ0v) is 25.4. The summed E-state index contributed by atoms with van der Waals surface area (Å²) >= 11 is 0. The van der Waals surface area contributed by atoms with E-state index in [1.807, 2.05) is 12.1 Å². The summed E-state index contributed by atoms with van der Waals surface area (Å²) in [5.74, 6) is 0.876. The number of fused-ring (bicyclic) bond motifs is 4. The van der Waals surface area contributed by atoms with Crippen LogP contribution in [0.25, 0.3) is 10.8 Å². The highest BCUT2D eigenvalue weighted by Crippen LogP contribution is 2.49. The summed E-state index contributed by atoms with van der Waals surface area (Å²) < 4.78 is 19.1. The van der Waals surface area contributed by atoms with E-state index in [1.54, 1.807) is 21.3 Å². The third-order valence-electron chi connectivity index (χ3n) is 8.80. The highest BCUT2D eigenvalue weighted by molar-refractivity contribution is 6.08. The van der Waals surface area contributed by atoms with Crippen LogP contribution >= 0.6 is 0 Å². The Kier molecular flexibility index (Phi) is 8.21. The first-order valence-corrected chi connectivity index (χ1v) is 14.4. The molecule has 5 rings (SSSR count).